The number of ether oxygens (including phenoxy) is 1. The summed E-state index contributed by atoms with van der Waals surface area (Å²) >= 11 is 0. The highest BCUT2D eigenvalue weighted by molar-refractivity contribution is 5.94. The van der Waals surface area contributed by atoms with E-state index in [2.05, 4.69) is 39.9 Å². The lowest BCUT2D eigenvalue weighted by Gasteiger charge is -2.23. The van der Waals surface area contributed by atoms with Crippen molar-refractivity contribution >= 4 is 17.6 Å². The highest BCUT2D eigenvalue weighted by Crippen LogP contribution is 2.27. The molecule has 32 heavy (non-hydrogen) atoms. The van der Waals surface area contributed by atoms with Crippen LogP contribution in [0.15, 0.2) is 30.3 Å². The predicted molar refractivity (Wildman–Crippen MR) is 128 cm³/mol. The molecule has 0 aliphatic heterocycles. The number of hydrogen-bond acceptors (Lipinski definition) is 4. The van der Waals surface area contributed by atoms with E-state index in [-0.39, 0.29) is 23.8 Å². The molecular formula is C25H38N4O3. The molecule has 7 nitrogen and oxygen atoms in total. The zero-order valence-corrected chi connectivity index (χ0v) is 20.6. The molecule has 0 radical (unpaired) electrons. The van der Waals surface area contributed by atoms with Gasteiger partial charge in [0.1, 0.15) is 11.6 Å². The molecule has 1 aromatic carbocycles. The Morgan fingerprint density at radius 1 is 1.19 bits per heavy atom. The summed E-state index contributed by atoms with van der Waals surface area (Å²) in [6, 6.07) is 9.41. The van der Waals surface area contributed by atoms with E-state index in [0.717, 1.165) is 30.0 Å². The molecule has 1 aromatic heterocycles. The van der Waals surface area contributed by atoms with E-state index in [1.54, 1.807) is 16.7 Å². The van der Waals surface area contributed by atoms with Crippen LogP contribution in [0, 0.1) is 5.92 Å². The van der Waals surface area contributed by atoms with Crippen molar-refractivity contribution in [1.82, 2.24) is 14.7 Å². The van der Waals surface area contributed by atoms with Crippen molar-refractivity contribution in [3.8, 4) is 11.4 Å². The Morgan fingerprint density at radius 2 is 1.84 bits per heavy atom. The van der Waals surface area contributed by atoms with Gasteiger partial charge in [0.25, 0.3) is 0 Å². The van der Waals surface area contributed by atoms with Gasteiger partial charge in [-0.05, 0) is 43.0 Å². The first-order chi connectivity index (χ1) is 15.0. The minimum absolute atomic E-state index is 0.0161. The number of methoxy groups -OCH3 is 1. The minimum atomic E-state index is -0.228. The quantitative estimate of drug-likeness (QED) is 0.574. The Bertz CT molecular complexity index is 895. The Morgan fingerprint density at radius 3 is 2.38 bits per heavy atom. The average Bonchev–Trinajstić information content (AvgIpc) is 3.15. The van der Waals surface area contributed by atoms with Crippen molar-refractivity contribution in [2.24, 2.45) is 5.92 Å². The summed E-state index contributed by atoms with van der Waals surface area (Å²) in [5.41, 5.74) is 1.50. The number of nitrogens with zero attached hydrogens (tertiary/aromatic N) is 3. The number of nitrogens with one attached hydrogen (secondary N) is 1. The van der Waals surface area contributed by atoms with Gasteiger partial charge >= 0.3 is 0 Å². The smallest absolute Gasteiger partial charge is 0.245 e. The van der Waals surface area contributed by atoms with E-state index in [9.17, 15) is 9.59 Å². The van der Waals surface area contributed by atoms with Crippen LogP contribution in [-0.4, -0.2) is 46.7 Å². The van der Waals surface area contributed by atoms with Crippen LogP contribution in [0.4, 0.5) is 5.82 Å². The van der Waals surface area contributed by atoms with Crippen molar-refractivity contribution in [2.45, 2.75) is 66.2 Å². The number of benzene rings is 1. The molecule has 1 heterocycles. The van der Waals surface area contributed by atoms with Crippen molar-refractivity contribution in [3.05, 3.63) is 36.0 Å². The Hall–Kier alpha value is -2.83. The van der Waals surface area contributed by atoms with Crippen molar-refractivity contribution < 1.29 is 14.3 Å². The molecule has 2 rings (SSSR count). The van der Waals surface area contributed by atoms with Crippen LogP contribution in [0.1, 0.15) is 66.5 Å². The van der Waals surface area contributed by atoms with Gasteiger partial charge < -0.3 is 15.0 Å². The molecule has 0 saturated carbocycles. The monoisotopic (exact) mass is 442 g/mol. The van der Waals surface area contributed by atoms with E-state index < -0.39 is 0 Å². The van der Waals surface area contributed by atoms with E-state index in [1.807, 2.05) is 37.3 Å². The van der Waals surface area contributed by atoms with Gasteiger partial charge in [-0.25, -0.2) is 4.68 Å². The Balaban J connectivity index is 2.27. The maximum Gasteiger partial charge on any atom is 0.245 e. The van der Waals surface area contributed by atoms with Crippen LogP contribution in [0.25, 0.3) is 5.69 Å². The fraction of sp³-hybridized carbons (Fsp3) is 0.560. The molecule has 0 aliphatic carbocycles. The number of carbonyl (C=O) groups is 2. The van der Waals surface area contributed by atoms with E-state index in [4.69, 9.17) is 9.84 Å². The first kappa shape index (κ1) is 25.4. The second kappa shape index (κ2) is 11.2. The highest BCUT2D eigenvalue weighted by Gasteiger charge is 2.23. The molecule has 0 unspecified atom stereocenters. The van der Waals surface area contributed by atoms with Crippen LogP contribution >= 0.6 is 0 Å². The number of hydrogen-bond donors (Lipinski definition) is 1. The van der Waals surface area contributed by atoms with Crippen LogP contribution in [0.2, 0.25) is 0 Å². The molecule has 0 fully saturated rings. The zero-order chi connectivity index (χ0) is 23.9. The molecule has 176 valence electrons. The Kier molecular flexibility index (Phi) is 8.87. The highest BCUT2D eigenvalue weighted by atomic mass is 16.5. The maximum absolute atomic E-state index is 13.0. The third-order valence-corrected chi connectivity index (χ3v) is 5.19. The van der Waals surface area contributed by atoms with Gasteiger partial charge in [0.2, 0.25) is 11.8 Å². The number of anilines is 1. The average molecular weight is 443 g/mol. The van der Waals surface area contributed by atoms with E-state index in [1.165, 1.54) is 0 Å². The summed E-state index contributed by atoms with van der Waals surface area (Å²) in [5, 5.41) is 7.73. The summed E-state index contributed by atoms with van der Waals surface area (Å²) in [5.74, 6) is 1.58. The molecule has 2 aromatic rings. The van der Waals surface area contributed by atoms with E-state index >= 15 is 0 Å². The van der Waals surface area contributed by atoms with Crippen molar-refractivity contribution in [2.75, 3.05) is 25.5 Å². The van der Waals surface area contributed by atoms with Gasteiger partial charge in [-0.1, -0.05) is 41.5 Å². The number of aromatic nitrogens is 2. The molecule has 7 heteroatoms. The predicted octanol–water partition coefficient (Wildman–Crippen LogP) is 4.79. The lowest BCUT2D eigenvalue weighted by molar-refractivity contribution is -0.134. The summed E-state index contributed by atoms with van der Waals surface area (Å²) in [7, 11) is 1.62. The first-order valence-electron chi connectivity index (χ1n) is 11.4. The third-order valence-electron chi connectivity index (χ3n) is 5.19. The van der Waals surface area contributed by atoms with Crippen molar-refractivity contribution in [1.29, 1.82) is 0 Å². The molecule has 0 spiro atoms. The lowest BCUT2D eigenvalue weighted by Crippen LogP contribution is -2.39. The van der Waals surface area contributed by atoms with Gasteiger partial charge in [0.15, 0.2) is 0 Å². The van der Waals surface area contributed by atoms with E-state index in [0.29, 0.717) is 24.7 Å². The zero-order valence-electron chi connectivity index (χ0n) is 20.6. The topological polar surface area (TPSA) is 76.5 Å². The van der Waals surface area contributed by atoms with Gasteiger partial charge in [-0.3, -0.25) is 9.59 Å². The van der Waals surface area contributed by atoms with Gasteiger partial charge in [-0.15, -0.1) is 0 Å². The Labute approximate surface area is 192 Å². The van der Waals surface area contributed by atoms with Crippen LogP contribution in [0.3, 0.4) is 0 Å². The molecule has 0 saturated heterocycles. The number of rotatable bonds is 10. The normalized spacial score (nSPS) is 11.5. The third kappa shape index (κ3) is 7.11. The van der Waals surface area contributed by atoms with Crippen molar-refractivity contribution in [3.63, 3.8) is 0 Å². The number of amides is 2. The summed E-state index contributed by atoms with van der Waals surface area (Å²) < 4.78 is 6.97. The van der Waals surface area contributed by atoms with Gasteiger partial charge in [-0.2, -0.15) is 5.10 Å². The molecular weight excluding hydrogens is 404 g/mol. The molecule has 0 atom stereocenters. The number of carbonyl (C=O) groups excluding carboxylic acids is 2. The molecule has 2 amide bonds. The second-order valence-electron chi connectivity index (χ2n) is 9.57. The molecule has 0 aliphatic rings. The SMILES string of the molecule is CCCC(=O)N(CCC(C)C)CC(=O)Nc1cc(C(C)(C)C)nn1-c1ccc(OC)cc1. The second-order valence-corrected chi connectivity index (χ2v) is 9.57. The summed E-state index contributed by atoms with van der Waals surface area (Å²) in [6.45, 7) is 13.1. The summed E-state index contributed by atoms with van der Waals surface area (Å²) in [6.07, 6.45) is 2.07. The van der Waals surface area contributed by atoms with Gasteiger partial charge in [0.05, 0.1) is 25.0 Å². The van der Waals surface area contributed by atoms with Gasteiger partial charge in [0, 0.05) is 24.4 Å². The lowest BCUT2D eigenvalue weighted by atomic mass is 9.92. The van der Waals surface area contributed by atoms with Crippen LogP contribution < -0.4 is 10.1 Å². The minimum Gasteiger partial charge on any atom is -0.497 e. The standard InChI is InChI=1S/C25H38N4O3/c1-8-9-24(31)28(15-14-18(2)3)17-23(30)26-22-16-21(25(4,5)6)27-29(22)19-10-12-20(32-7)13-11-19/h10-13,16,18H,8-9,14-15,17H2,1-7H3,(H,26,30). The molecule has 0 bridgehead atoms. The maximum atomic E-state index is 13.0. The molecule has 1 N–H and O–H groups in total. The summed E-state index contributed by atoms with van der Waals surface area (Å²) in [4.78, 5) is 27.2. The fourth-order valence-corrected chi connectivity index (χ4v) is 3.19. The van der Waals surface area contributed by atoms with Crippen LogP contribution in [-0.2, 0) is 15.0 Å². The van der Waals surface area contributed by atoms with Crippen LogP contribution in [0.5, 0.6) is 5.75 Å². The largest absolute Gasteiger partial charge is 0.497 e. The fourth-order valence-electron chi connectivity index (χ4n) is 3.19. The first-order valence-corrected chi connectivity index (χ1v) is 11.4.